The summed E-state index contributed by atoms with van der Waals surface area (Å²) in [5.74, 6) is 0.842. The average molecular weight is 215 g/mol. The average Bonchev–Trinajstić information content (AvgIpc) is 2.53. The van der Waals surface area contributed by atoms with E-state index in [0.717, 1.165) is 15.2 Å². The van der Waals surface area contributed by atoms with Gasteiger partial charge in [0.1, 0.15) is 23.5 Å². The van der Waals surface area contributed by atoms with Gasteiger partial charge in [-0.1, -0.05) is 23.5 Å². The Morgan fingerprint density at radius 1 is 1.54 bits per heavy atom. The summed E-state index contributed by atoms with van der Waals surface area (Å²) in [5.41, 5.74) is 0. The lowest BCUT2D eigenvalue weighted by Gasteiger charge is -2.12. The molecule has 0 unspecified atom stereocenters. The van der Waals surface area contributed by atoms with E-state index < -0.39 is 0 Å². The summed E-state index contributed by atoms with van der Waals surface area (Å²) in [7, 11) is 0. The Labute approximate surface area is 84.9 Å². The molecule has 0 saturated carbocycles. The molecule has 0 amide bonds. The second-order valence-electron chi connectivity index (χ2n) is 2.39. The molecule has 13 heavy (non-hydrogen) atoms. The van der Waals surface area contributed by atoms with Crippen LogP contribution in [0.3, 0.4) is 0 Å². The Morgan fingerprint density at radius 2 is 2.46 bits per heavy atom. The van der Waals surface area contributed by atoms with Gasteiger partial charge in [0.05, 0.1) is 11.3 Å². The number of hydrogen-bond donors (Lipinski definition) is 0. The molecule has 1 aromatic rings. The van der Waals surface area contributed by atoms with Crippen LogP contribution in [0.4, 0.5) is 0 Å². The molecule has 2 heterocycles. The highest BCUT2D eigenvalue weighted by Gasteiger charge is 2.10. The van der Waals surface area contributed by atoms with E-state index in [9.17, 15) is 0 Å². The van der Waals surface area contributed by atoms with Gasteiger partial charge in [0.2, 0.25) is 0 Å². The predicted octanol–water partition coefficient (Wildman–Crippen LogP) is 2.55. The molecule has 1 aliphatic heterocycles. The Bertz CT molecular complexity index is 278. The molecule has 0 bridgehead atoms. The fraction of sp³-hybridized carbons (Fsp3) is 0.375. The molecule has 1 fully saturated rings. The molecule has 70 valence electrons. The Hall–Kier alpha value is -0.390. The van der Waals surface area contributed by atoms with Crippen LogP contribution in [0.1, 0.15) is 5.76 Å². The van der Waals surface area contributed by atoms with Gasteiger partial charge in [-0.15, -0.1) is 0 Å². The normalized spacial score (nSPS) is 15.5. The molecule has 2 rings (SSSR count). The van der Waals surface area contributed by atoms with Gasteiger partial charge in [0.15, 0.2) is 0 Å². The minimum absolute atomic E-state index is 0.427. The van der Waals surface area contributed by atoms with Gasteiger partial charge in [-0.05, 0) is 12.1 Å². The Balaban J connectivity index is 1.64. The molecule has 1 aliphatic rings. The predicted molar refractivity (Wildman–Crippen MR) is 55.8 cm³/mol. The van der Waals surface area contributed by atoms with E-state index in [1.165, 1.54) is 0 Å². The first kappa shape index (κ1) is 9.18. The molecule has 3 nitrogen and oxygen atoms in total. The van der Waals surface area contributed by atoms with Crippen LogP contribution in [0.5, 0.6) is 0 Å². The zero-order chi connectivity index (χ0) is 8.93. The minimum Gasteiger partial charge on any atom is -0.467 e. The molecular formula is C8H9NO2S2. The highest BCUT2D eigenvalue weighted by molar-refractivity contribution is 8.52. The summed E-state index contributed by atoms with van der Waals surface area (Å²) in [6.45, 7) is 0.926. The lowest BCUT2D eigenvalue weighted by atomic mass is 10.5. The fourth-order valence-electron chi connectivity index (χ4n) is 0.842. The van der Waals surface area contributed by atoms with E-state index in [4.69, 9.17) is 9.15 Å². The third-order valence-electron chi connectivity index (χ3n) is 1.47. The van der Waals surface area contributed by atoms with E-state index in [1.807, 2.05) is 12.1 Å². The van der Waals surface area contributed by atoms with Crippen molar-refractivity contribution in [1.29, 1.82) is 0 Å². The van der Waals surface area contributed by atoms with Crippen LogP contribution < -0.4 is 0 Å². The highest BCUT2D eigenvalue weighted by atomic mass is 32.3. The summed E-state index contributed by atoms with van der Waals surface area (Å²) in [5, 5.41) is 1.12. The van der Waals surface area contributed by atoms with Gasteiger partial charge in [-0.3, -0.25) is 0 Å². The van der Waals surface area contributed by atoms with Crippen LogP contribution >= 0.6 is 23.5 Å². The Morgan fingerprint density at radius 3 is 3.08 bits per heavy atom. The van der Waals surface area contributed by atoms with Crippen molar-refractivity contribution in [3.05, 3.63) is 24.2 Å². The number of furan rings is 1. The smallest absolute Gasteiger partial charge is 0.139 e. The van der Waals surface area contributed by atoms with Crippen molar-refractivity contribution in [2.75, 3.05) is 11.8 Å². The number of rotatable bonds is 4. The molecule has 1 saturated heterocycles. The molecule has 1 aromatic heterocycles. The van der Waals surface area contributed by atoms with E-state index in [2.05, 4.69) is 4.99 Å². The van der Waals surface area contributed by atoms with Crippen LogP contribution in [0.25, 0.3) is 0 Å². The maximum Gasteiger partial charge on any atom is 0.139 e. The summed E-state index contributed by atoms with van der Waals surface area (Å²) < 4.78 is 11.5. The van der Waals surface area contributed by atoms with Crippen LogP contribution in [-0.2, 0) is 11.3 Å². The number of aliphatic imine (C=N–C) groups is 1. The maximum absolute atomic E-state index is 5.28. The molecule has 0 radical (unpaired) electrons. The number of ether oxygens (including phenoxy) is 1. The molecule has 0 aromatic carbocycles. The molecule has 0 spiro atoms. The third kappa shape index (κ3) is 2.79. The number of nitrogens with zero attached hydrogens (tertiary/aromatic N) is 1. The molecular weight excluding hydrogens is 206 g/mol. The van der Waals surface area contributed by atoms with Crippen molar-refractivity contribution < 1.29 is 9.15 Å². The molecule has 0 atom stereocenters. The molecule has 5 heteroatoms. The van der Waals surface area contributed by atoms with E-state index in [1.54, 1.807) is 29.8 Å². The second-order valence-corrected chi connectivity index (χ2v) is 4.94. The quantitative estimate of drug-likeness (QED) is 0.723. The maximum atomic E-state index is 5.28. The van der Waals surface area contributed by atoms with Crippen LogP contribution in [0.15, 0.2) is 27.8 Å². The van der Waals surface area contributed by atoms with Crippen LogP contribution in [0, 0.1) is 0 Å². The van der Waals surface area contributed by atoms with E-state index >= 15 is 0 Å². The summed E-state index contributed by atoms with van der Waals surface area (Å²) in [6, 6.07) is 3.74. The first-order chi connectivity index (χ1) is 6.45. The van der Waals surface area contributed by atoms with Crippen molar-refractivity contribution in [3.8, 4) is 0 Å². The zero-order valence-electron chi connectivity index (χ0n) is 6.93. The second kappa shape index (κ2) is 4.74. The zero-order valence-corrected chi connectivity index (χ0v) is 8.57. The highest BCUT2D eigenvalue weighted by Crippen LogP contribution is 2.32. The summed E-state index contributed by atoms with van der Waals surface area (Å²) in [6.07, 6.45) is 1.64. The van der Waals surface area contributed by atoms with E-state index in [0.29, 0.717) is 13.3 Å². The monoisotopic (exact) mass is 215 g/mol. The first-order valence-corrected chi connectivity index (χ1v) is 5.82. The lowest BCUT2D eigenvalue weighted by Crippen LogP contribution is -2.01. The van der Waals surface area contributed by atoms with Gasteiger partial charge in [0.25, 0.3) is 0 Å². The first-order valence-electron chi connectivity index (χ1n) is 3.85. The standard InChI is InChI=1S/C8H9NO2S2/c1-2-7(11-3-1)4-10-5-9-8-12-6-13-8/h1-3H,4-6H2. The summed E-state index contributed by atoms with van der Waals surface area (Å²) in [4.78, 5) is 4.21. The SMILES string of the molecule is c1coc(COCN=C2SCS2)c1. The van der Waals surface area contributed by atoms with Crippen LogP contribution in [0.2, 0.25) is 0 Å². The molecule has 0 aliphatic carbocycles. The van der Waals surface area contributed by atoms with Crippen molar-refractivity contribution in [2.45, 2.75) is 6.61 Å². The van der Waals surface area contributed by atoms with Crippen molar-refractivity contribution in [3.63, 3.8) is 0 Å². The number of hydrogen-bond acceptors (Lipinski definition) is 5. The fourth-order valence-corrected chi connectivity index (χ4v) is 2.02. The van der Waals surface area contributed by atoms with Gasteiger partial charge in [-0.2, -0.15) is 0 Å². The number of thioether (sulfide) groups is 2. The minimum atomic E-state index is 0.427. The van der Waals surface area contributed by atoms with Crippen molar-refractivity contribution in [2.24, 2.45) is 4.99 Å². The van der Waals surface area contributed by atoms with Gasteiger partial charge < -0.3 is 9.15 Å². The lowest BCUT2D eigenvalue weighted by molar-refractivity contribution is 0.114. The van der Waals surface area contributed by atoms with Crippen molar-refractivity contribution >= 4 is 27.9 Å². The Kier molecular flexibility index (Phi) is 3.34. The van der Waals surface area contributed by atoms with Gasteiger partial charge >= 0.3 is 0 Å². The van der Waals surface area contributed by atoms with Crippen LogP contribution in [-0.4, -0.2) is 16.2 Å². The van der Waals surface area contributed by atoms with Gasteiger partial charge in [-0.25, -0.2) is 4.99 Å². The summed E-state index contributed by atoms with van der Waals surface area (Å²) >= 11 is 3.53. The van der Waals surface area contributed by atoms with Gasteiger partial charge in [0, 0.05) is 0 Å². The largest absolute Gasteiger partial charge is 0.467 e. The topological polar surface area (TPSA) is 34.7 Å². The third-order valence-corrected chi connectivity index (χ3v) is 3.88. The molecule has 0 N–H and O–H groups in total. The van der Waals surface area contributed by atoms with E-state index in [-0.39, 0.29) is 0 Å². The van der Waals surface area contributed by atoms with Crippen molar-refractivity contribution in [1.82, 2.24) is 0 Å².